The van der Waals surface area contributed by atoms with Crippen molar-refractivity contribution in [1.29, 1.82) is 0 Å². The summed E-state index contributed by atoms with van der Waals surface area (Å²) < 4.78 is 18.1. The number of methoxy groups -OCH3 is 1. The molecule has 36 heavy (non-hydrogen) atoms. The molecule has 11 heteroatoms. The van der Waals surface area contributed by atoms with Crippen molar-refractivity contribution in [1.82, 2.24) is 15.8 Å². The topological polar surface area (TPSA) is 105 Å². The third kappa shape index (κ3) is 7.46. The summed E-state index contributed by atoms with van der Waals surface area (Å²) in [6, 6.07) is 11.7. The fourth-order valence-corrected chi connectivity index (χ4v) is 4.58. The Hall–Kier alpha value is -3.57. The molecule has 3 rings (SSSR count). The third-order valence-electron chi connectivity index (χ3n) is 5.21. The van der Waals surface area contributed by atoms with E-state index in [4.69, 9.17) is 12.2 Å². The molecule has 188 valence electrons. The van der Waals surface area contributed by atoms with Gasteiger partial charge in [0, 0.05) is 18.5 Å². The zero-order valence-corrected chi connectivity index (χ0v) is 21.0. The molecule has 1 fully saturated rings. The summed E-state index contributed by atoms with van der Waals surface area (Å²) >= 11 is 6.57. The lowest BCUT2D eigenvalue weighted by Crippen LogP contribution is -2.41. The van der Waals surface area contributed by atoms with Crippen LogP contribution in [0.25, 0.3) is 6.08 Å². The number of amides is 3. The Bertz CT molecular complexity index is 1180. The zero-order chi connectivity index (χ0) is 26.1. The number of carbonyl (C=O) groups is 4. The predicted octanol–water partition coefficient (Wildman–Crippen LogP) is 3.84. The van der Waals surface area contributed by atoms with Crippen LogP contribution >= 0.6 is 24.0 Å². The number of hydrogen-bond donors (Lipinski definition) is 2. The first-order chi connectivity index (χ1) is 17.3. The standard InChI is InChI=1S/C25H24FN3O5S2/c1-34-24(33)18-8-6-16(7-9-18)15-20-23(32)29(25(35)36-20)14-4-2-3-5-21(30)27-28-22(31)17-10-12-19(26)13-11-17/h6-13,15H,2-5,14H2,1H3,(H,27,30)(H,28,31). The highest BCUT2D eigenvalue weighted by Gasteiger charge is 2.31. The summed E-state index contributed by atoms with van der Waals surface area (Å²) in [5.74, 6) is -1.95. The molecular formula is C25H24FN3O5S2. The SMILES string of the molecule is COC(=O)c1ccc(C=C2SC(=S)N(CCCCCC(=O)NNC(=O)c3ccc(F)cc3)C2=O)cc1. The molecule has 0 saturated carbocycles. The minimum Gasteiger partial charge on any atom is -0.465 e. The Morgan fingerprint density at radius 3 is 2.33 bits per heavy atom. The van der Waals surface area contributed by atoms with Crippen LogP contribution in [-0.2, 0) is 14.3 Å². The van der Waals surface area contributed by atoms with E-state index in [0.29, 0.717) is 40.6 Å². The van der Waals surface area contributed by atoms with E-state index in [1.54, 1.807) is 30.3 Å². The minimum absolute atomic E-state index is 0.178. The molecule has 2 aromatic carbocycles. The van der Waals surface area contributed by atoms with E-state index in [9.17, 15) is 23.6 Å². The summed E-state index contributed by atoms with van der Waals surface area (Å²) in [7, 11) is 1.31. The minimum atomic E-state index is -0.537. The molecule has 2 N–H and O–H groups in total. The Morgan fingerprint density at radius 1 is 1.00 bits per heavy atom. The fraction of sp³-hybridized carbons (Fsp3) is 0.240. The van der Waals surface area contributed by atoms with Gasteiger partial charge in [0.15, 0.2) is 0 Å². The number of benzene rings is 2. The van der Waals surface area contributed by atoms with Gasteiger partial charge in [0.05, 0.1) is 17.6 Å². The maximum absolute atomic E-state index is 12.9. The smallest absolute Gasteiger partial charge is 0.337 e. The summed E-state index contributed by atoms with van der Waals surface area (Å²) in [5.41, 5.74) is 6.03. The van der Waals surface area contributed by atoms with Crippen LogP contribution in [-0.4, -0.2) is 46.6 Å². The van der Waals surface area contributed by atoms with Crippen molar-refractivity contribution in [3.05, 3.63) is 75.9 Å². The summed E-state index contributed by atoms with van der Waals surface area (Å²) in [6.45, 7) is 0.437. The number of esters is 1. The maximum Gasteiger partial charge on any atom is 0.337 e. The Labute approximate surface area is 217 Å². The predicted molar refractivity (Wildman–Crippen MR) is 138 cm³/mol. The van der Waals surface area contributed by atoms with Gasteiger partial charge in [0.1, 0.15) is 10.1 Å². The van der Waals surface area contributed by atoms with Gasteiger partial charge in [-0.2, -0.15) is 0 Å². The second kappa shape index (κ2) is 12.9. The van der Waals surface area contributed by atoms with Crippen molar-refractivity contribution in [2.24, 2.45) is 0 Å². The highest BCUT2D eigenvalue weighted by Crippen LogP contribution is 2.32. The van der Waals surface area contributed by atoms with Crippen LogP contribution in [0.1, 0.15) is 52.0 Å². The number of halogens is 1. The van der Waals surface area contributed by atoms with Crippen molar-refractivity contribution >= 4 is 58.1 Å². The number of ether oxygens (including phenoxy) is 1. The van der Waals surface area contributed by atoms with Crippen molar-refractivity contribution < 1.29 is 28.3 Å². The lowest BCUT2D eigenvalue weighted by atomic mass is 10.1. The van der Waals surface area contributed by atoms with Crippen LogP contribution in [0.15, 0.2) is 53.4 Å². The molecule has 0 spiro atoms. The van der Waals surface area contributed by atoms with Crippen molar-refractivity contribution in [2.45, 2.75) is 25.7 Å². The number of carbonyl (C=O) groups excluding carboxylic acids is 4. The van der Waals surface area contributed by atoms with E-state index in [0.717, 1.165) is 17.7 Å². The lowest BCUT2D eigenvalue weighted by Gasteiger charge is -2.14. The largest absolute Gasteiger partial charge is 0.465 e. The van der Waals surface area contributed by atoms with Crippen molar-refractivity contribution in [2.75, 3.05) is 13.7 Å². The molecule has 1 aliphatic heterocycles. The first-order valence-corrected chi connectivity index (χ1v) is 12.3. The molecule has 0 aromatic heterocycles. The third-order valence-corrected chi connectivity index (χ3v) is 6.59. The first kappa shape index (κ1) is 27.0. The number of hydrogen-bond acceptors (Lipinski definition) is 7. The zero-order valence-electron chi connectivity index (χ0n) is 19.4. The summed E-state index contributed by atoms with van der Waals surface area (Å²) in [6.07, 6.45) is 3.83. The molecule has 0 radical (unpaired) electrons. The van der Waals surface area contributed by atoms with Gasteiger partial charge in [-0.25, -0.2) is 9.18 Å². The van der Waals surface area contributed by atoms with Crippen molar-refractivity contribution in [3.63, 3.8) is 0 Å². The molecule has 0 bridgehead atoms. The van der Waals surface area contributed by atoms with Gasteiger partial charge in [-0.05, 0) is 60.9 Å². The summed E-state index contributed by atoms with van der Waals surface area (Å²) in [5, 5.41) is 0. The number of unbranched alkanes of at least 4 members (excludes halogenated alkanes) is 2. The Kier molecular flexibility index (Phi) is 9.71. The van der Waals surface area contributed by atoms with E-state index in [1.807, 2.05) is 0 Å². The van der Waals surface area contributed by atoms with Gasteiger partial charge in [0.2, 0.25) is 5.91 Å². The van der Waals surface area contributed by atoms with Crippen LogP contribution in [0.3, 0.4) is 0 Å². The Balaban J connectivity index is 1.38. The van der Waals surface area contributed by atoms with E-state index in [-0.39, 0.29) is 23.8 Å². The molecular weight excluding hydrogens is 505 g/mol. The number of rotatable bonds is 9. The normalized spacial score (nSPS) is 14.2. The van der Waals surface area contributed by atoms with Crippen molar-refractivity contribution in [3.8, 4) is 0 Å². The molecule has 1 saturated heterocycles. The number of hydrazine groups is 1. The molecule has 0 aliphatic carbocycles. The Morgan fingerprint density at radius 2 is 1.67 bits per heavy atom. The molecule has 0 atom stereocenters. The second-order valence-electron chi connectivity index (χ2n) is 7.77. The molecule has 8 nitrogen and oxygen atoms in total. The van der Waals surface area contributed by atoms with Crippen LogP contribution in [0.5, 0.6) is 0 Å². The highest BCUT2D eigenvalue weighted by atomic mass is 32.2. The number of thiocarbonyl (C=S) groups is 1. The van der Waals surface area contributed by atoms with E-state index < -0.39 is 17.7 Å². The van der Waals surface area contributed by atoms with Crippen LogP contribution in [0.2, 0.25) is 0 Å². The van der Waals surface area contributed by atoms with Gasteiger partial charge in [-0.1, -0.05) is 42.5 Å². The molecule has 3 amide bonds. The van der Waals surface area contributed by atoms with Crippen LogP contribution in [0.4, 0.5) is 4.39 Å². The maximum atomic E-state index is 12.9. The van der Waals surface area contributed by atoms with E-state index >= 15 is 0 Å². The molecule has 0 unspecified atom stereocenters. The molecule has 1 aliphatic rings. The molecule has 2 aromatic rings. The first-order valence-electron chi connectivity index (χ1n) is 11.1. The van der Waals surface area contributed by atoms with E-state index in [1.165, 1.54) is 35.9 Å². The monoisotopic (exact) mass is 529 g/mol. The lowest BCUT2D eigenvalue weighted by molar-refractivity contribution is -0.123. The van der Waals surface area contributed by atoms with Gasteiger partial charge in [0.25, 0.3) is 11.8 Å². The van der Waals surface area contributed by atoms with Gasteiger partial charge in [-0.15, -0.1) is 0 Å². The fourth-order valence-electron chi connectivity index (χ4n) is 3.27. The van der Waals surface area contributed by atoms with Gasteiger partial charge >= 0.3 is 5.97 Å². The van der Waals surface area contributed by atoms with Gasteiger partial charge < -0.3 is 4.74 Å². The second-order valence-corrected chi connectivity index (χ2v) is 9.44. The van der Waals surface area contributed by atoms with Crippen LogP contribution in [0, 0.1) is 5.82 Å². The van der Waals surface area contributed by atoms with Crippen LogP contribution < -0.4 is 10.9 Å². The number of nitrogens with zero attached hydrogens (tertiary/aromatic N) is 1. The van der Waals surface area contributed by atoms with Gasteiger partial charge in [-0.3, -0.25) is 30.1 Å². The number of nitrogens with one attached hydrogen (secondary N) is 2. The molecule has 1 heterocycles. The average molecular weight is 530 g/mol. The highest BCUT2D eigenvalue weighted by molar-refractivity contribution is 8.26. The number of thioether (sulfide) groups is 1. The quantitative estimate of drug-likeness (QED) is 0.167. The average Bonchev–Trinajstić information content (AvgIpc) is 3.14. The summed E-state index contributed by atoms with van der Waals surface area (Å²) in [4.78, 5) is 50.2. The van der Waals surface area contributed by atoms with E-state index in [2.05, 4.69) is 15.6 Å².